The molecule has 0 spiro atoms. The summed E-state index contributed by atoms with van der Waals surface area (Å²) in [5, 5.41) is 12.9. The van der Waals surface area contributed by atoms with Crippen LogP contribution in [0.15, 0.2) is 29.5 Å². The van der Waals surface area contributed by atoms with Gasteiger partial charge in [0.05, 0.1) is 12.8 Å². The SMILES string of the molecule is COc1ccc(Cl)cc1NC1=C(C#N)C(=O)CC(C)(C)C1. The van der Waals surface area contributed by atoms with E-state index in [2.05, 4.69) is 5.32 Å². The minimum Gasteiger partial charge on any atom is -0.495 e. The van der Waals surface area contributed by atoms with Gasteiger partial charge in [0.25, 0.3) is 0 Å². The van der Waals surface area contributed by atoms with E-state index in [9.17, 15) is 10.1 Å². The first-order valence-electron chi connectivity index (χ1n) is 6.63. The highest BCUT2D eigenvalue weighted by Gasteiger charge is 2.33. The second-order valence-corrected chi connectivity index (χ2v) is 6.31. The maximum Gasteiger partial charge on any atom is 0.175 e. The predicted molar refractivity (Wildman–Crippen MR) is 82.3 cm³/mol. The Morgan fingerprint density at radius 2 is 2.10 bits per heavy atom. The lowest BCUT2D eigenvalue weighted by molar-refractivity contribution is -0.117. The van der Waals surface area contributed by atoms with Crippen molar-refractivity contribution in [2.45, 2.75) is 26.7 Å². The standard InChI is InChI=1S/C16H17ClN2O2/c1-16(2)7-13(11(9-18)14(20)8-16)19-12-6-10(17)4-5-15(12)21-3/h4-6,19H,7-8H2,1-3H3. The number of allylic oxidation sites excluding steroid dienone is 2. The highest BCUT2D eigenvalue weighted by molar-refractivity contribution is 6.31. The Morgan fingerprint density at radius 3 is 2.71 bits per heavy atom. The molecule has 5 heteroatoms. The number of rotatable bonds is 3. The molecule has 0 atom stereocenters. The van der Waals surface area contributed by atoms with Crippen LogP contribution in [-0.4, -0.2) is 12.9 Å². The monoisotopic (exact) mass is 304 g/mol. The second kappa shape index (κ2) is 5.79. The third kappa shape index (κ3) is 3.37. The fraction of sp³-hybridized carbons (Fsp3) is 0.375. The molecule has 0 heterocycles. The lowest BCUT2D eigenvalue weighted by Crippen LogP contribution is -2.28. The molecule has 0 unspecified atom stereocenters. The molecule has 0 aromatic heterocycles. The van der Waals surface area contributed by atoms with Crippen molar-refractivity contribution in [1.82, 2.24) is 0 Å². The number of hydrogen-bond donors (Lipinski definition) is 1. The van der Waals surface area contributed by atoms with Crippen molar-refractivity contribution in [2.24, 2.45) is 5.41 Å². The van der Waals surface area contributed by atoms with Crippen LogP contribution in [0.4, 0.5) is 5.69 Å². The van der Waals surface area contributed by atoms with Gasteiger partial charge in [-0.15, -0.1) is 0 Å². The van der Waals surface area contributed by atoms with Crippen molar-refractivity contribution in [3.63, 3.8) is 0 Å². The Bertz CT molecular complexity index is 657. The largest absolute Gasteiger partial charge is 0.495 e. The smallest absolute Gasteiger partial charge is 0.175 e. The number of Topliss-reactive ketones (excluding diaryl/α,β-unsaturated/α-hetero) is 1. The second-order valence-electron chi connectivity index (χ2n) is 5.88. The quantitative estimate of drug-likeness (QED) is 0.919. The van der Waals surface area contributed by atoms with Crippen LogP contribution >= 0.6 is 11.6 Å². The molecule has 0 saturated heterocycles. The van der Waals surface area contributed by atoms with Crippen molar-refractivity contribution in [3.05, 3.63) is 34.5 Å². The van der Waals surface area contributed by atoms with Gasteiger partial charge < -0.3 is 10.1 Å². The van der Waals surface area contributed by atoms with E-state index in [-0.39, 0.29) is 16.8 Å². The van der Waals surface area contributed by atoms with Crippen molar-refractivity contribution >= 4 is 23.1 Å². The predicted octanol–water partition coefficient (Wildman–Crippen LogP) is 3.93. The van der Waals surface area contributed by atoms with Gasteiger partial charge in [-0.05, 0) is 30.0 Å². The molecule has 1 N–H and O–H groups in total. The number of carbonyl (C=O) groups excluding carboxylic acids is 1. The van der Waals surface area contributed by atoms with Crippen LogP contribution < -0.4 is 10.1 Å². The number of nitriles is 1. The Labute approximate surface area is 129 Å². The molecule has 1 aromatic carbocycles. The number of methoxy groups -OCH3 is 1. The summed E-state index contributed by atoms with van der Waals surface area (Å²) in [6, 6.07) is 7.19. The Kier molecular flexibility index (Phi) is 4.24. The average molecular weight is 305 g/mol. The van der Waals surface area contributed by atoms with Gasteiger partial charge in [0.1, 0.15) is 17.4 Å². The zero-order chi connectivity index (χ0) is 15.6. The normalized spacial score (nSPS) is 17.4. The average Bonchev–Trinajstić information content (AvgIpc) is 2.37. The number of nitrogens with one attached hydrogen (secondary N) is 1. The molecule has 0 fully saturated rings. The molecule has 0 bridgehead atoms. The van der Waals surface area contributed by atoms with Gasteiger partial charge in [-0.3, -0.25) is 4.79 Å². The molecule has 21 heavy (non-hydrogen) atoms. The van der Waals surface area contributed by atoms with Crippen LogP contribution in [0, 0.1) is 16.7 Å². The summed E-state index contributed by atoms with van der Waals surface area (Å²) in [5.74, 6) is 0.484. The molecule has 4 nitrogen and oxygen atoms in total. The highest BCUT2D eigenvalue weighted by atomic mass is 35.5. The molecule has 2 rings (SSSR count). The van der Waals surface area contributed by atoms with Gasteiger partial charge in [-0.1, -0.05) is 25.4 Å². The maximum absolute atomic E-state index is 12.1. The van der Waals surface area contributed by atoms with Crippen LogP contribution in [-0.2, 0) is 4.79 Å². The molecular formula is C16H17ClN2O2. The number of carbonyl (C=O) groups is 1. The molecule has 1 aromatic rings. The lowest BCUT2D eigenvalue weighted by atomic mass is 9.76. The summed E-state index contributed by atoms with van der Waals surface area (Å²) in [6.45, 7) is 4.02. The fourth-order valence-corrected chi connectivity index (χ4v) is 2.67. The summed E-state index contributed by atoms with van der Waals surface area (Å²) >= 11 is 6.00. The number of ketones is 1. The minimum atomic E-state index is -0.175. The minimum absolute atomic E-state index is 0.128. The number of anilines is 1. The number of nitrogens with zero attached hydrogens (tertiary/aromatic N) is 1. The Hall–Kier alpha value is -1.99. The topological polar surface area (TPSA) is 62.1 Å². The van der Waals surface area contributed by atoms with Crippen molar-refractivity contribution in [1.29, 1.82) is 5.26 Å². The van der Waals surface area contributed by atoms with Crippen LogP contribution in [0.5, 0.6) is 5.75 Å². The van der Waals surface area contributed by atoms with E-state index in [1.54, 1.807) is 25.3 Å². The third-order valence-corrected chi connectivity index (χ3v) is 3.67. The molecule has 0 saturated carbocycles. The highest BCUT2D eigenvalue weighted by Crippen LogP contribution is 2.38. The van der Waals surface area contributed by atoms with Gasteiger partial charge in [0, 0.05) is 17.1 Å². The zero-order valence-electron chi connectivity index (χ0n) is 12.3. The molecular weight excluding hydrogens is 288 g/mol. The van der Waals surface area contributed by atoms with Crippen LogP contribution in [0.3, 0.4) is 0 Å². The lowest BCUT2D eigenvalue weighted by Gasteiger charge is -2.31. The van der Waals surface area contributed by atoms with Crippen molar-refractivity contribution < 1.29 is 9.53 Å². The molecule has 1 aliphatic rings. The van der Waals surface area contributed by atoms with Gasteiger partial charge in [0.15, 0.2) is 5.78 Å². The fourth-order valence-electron chi connectivity index (χ4n) is 2.50. The van der Waals surface area contributed by atoms with E-state index in [1.165, 1.54) is 0 Å². The third-order valence-electron chi connectivity index (χ3n) is 3.43. The molecule has 1 aliphatic carbocycles. The first-order valence-corrected chi connectivity index (χ1v) is 7.01. The van der Waals surface area contributed by atoms with Gasteiger partial charge >= 0.3 is 0 Å². The number of halogens is 1. The summed E-state index contributed by atoms with van der Waals surface area (Å²) in [4.78, 5) is 12.1. The van der Waals surface area contributed by atoms with Crippen LogP contribution in [0.25, 0.3) is 0 Å². The van der Waals surface area contributed by atoms with E-state index < -0.39 is 0 Å². The van der Waals surface area contributed by atoms with Gasteiger partial charge in [-0.2, -0.15) is 5.26 Å². The van der Waals surface area contributed by atoms with E-state index in [4.69, 9.17) is 16.3 Å². The van der Waals surface area contributed by atoms with Gasteiger partial charge in [-0.25, -0.2) is 0 Å². The van der Waals surface area contributed by atoms with Crippen LogP contribution in [0.1, 0.15) is 26.7 Å². The van der Waals surface area contributed by atoms with E-state index in [1.807, 2.05) is 19.9 Å². The maximum atomic E-state index is 12.1. The first kappa shape index (κ1) is 15.4. The molecule has 0 radical (unpaired) electrons. The number of ether oxygens (including phenoxy) is 1. The van der Waals surface area contributed by atoms with Crippen LogP contribution in [0.2, 0.25) is 5.02 Å². The van der Waals surface area contributed by atoms with E-state index >= 15 is 0 Å². The molecule has 0 amide bonds. The number of benzene rings is 1. The first-order chi connectivity index (χ1) is 9.86. The summed E-state index contributed by atoms with van der Waals surface area (Å²) < 4.78 is 5.28. The van der Waals surface area contributed by atoms with Crippen molar-refractivity contribution in [2.75, 3.05) is 12.4 Å². The van der Waals surface area contributed by atoms with Crippen molar-refractivity contribution in [3.8, 4) is 11.8 Å². The summed E-state index contributed by atoms with van der Waals surface area (Å²) in [6.07, 6.45) is 1.01. The van der Waals surface area contributed by atoms with Gasteiger partial charge in [0.2, 0.25) is 0 Å². The Balaban J connectivity index is 2.43. The van der Waals surface area contributed by atoms with E-state index in [0.29, 0.717) is 35.0 Å². The van der Waals surface area contributed by atoms with E-state index in [0.717, 1.165) is 0 Å². The summed E-state index contributed by atoms with van der Waals surface area (Å²) in [5.41, 5.74) is 1.29. The molecule has 0 aliphatic heterocycles. The summed E-state index contributed by atoms with van der Waals surface area (Å²) in [7, 11) is 1.56. The zero-order valence-corrected chi connectivity index (χ0v) is 13.0. The molecule has 110 valence electrons. The Morgan fingerprint density at radius 1 is 1.38 bits per heavy atom. The number of hydrogen-bond acceptors (Lipinski definition) is 4.